The highest BCUT2D eigenvalue weighted by molar-refractivity contribution is 5.98. The number of nitrogen functional groups attached to an aromatic ring is 1. The second-order valence-electron chi connectivity index (χ2n) is 5.64. The number of nitrogens with one attached hydrogen (secondary N) is 1. The molecule has 1 amide bonds. The normalized spacial score (nSPS) is 12.9. The van der Waals surface area contributed by atoms with Gasteiger partial charge >= 0.3 is 5.97 Å². The molecule has 0 bridgehead atoms. The maximum Gasteiger partial charge on any atom is 0.339 e. The Morgan fingerprint density at radius 2 is 1.96 bits per heavy atom. The number of benzene rings is 2. The van der Waals surface area contributed by atoms with Crippen molar-refractivity contribution in [3.05, 3.63) is 52.1 Å². The first-order valence-corrected chi connectivity index (χ1v) is 7.80. The van der Waals surface area contributed by atoms with Crippen LogP contribution in [0.4, 0.5) is 17.1 Å². The van der Waals surface area contributed by atoms with Crippen LogP contribution in [0.5, 0.6) is 11.5 Å². The van der Waals surface area contributed by atoms with E-state index in [2.05, 4.69) is 5.32 Å². The molecule has 2 aromatic rings. The summed E-state index contributed by atoms with van der Waals surface area (Å²) in [6, 6.07) is 8.35. The number of rotatable bonds is 5. The molecule has 1 heterocycles. The zero-order chi connectivity index (χ0) is 19.6. The summed E-state index contributed by atoms with van der Waals surface area (Å²) in [4.78, 5) is 34.6. The van der Waals surface area contributed by atoms with Gasteiger partial charge in [-0.05, 0) is 31.2 Å². The van der Waals surface area contributed by atoms with Crippen LogP contribution in [-0.4, -0.2) is 29.7 Å². The van der Waals surface area contributed by atoms with Gasteiger partial charge in [-0.3, -0.25) is 14.9 Å². The third kappa shape index (κ3) is 3.89. The number of nitro benzene ring substituents is 1. The van der Waals surface area contributed by atoms with E-state index in [0.29, 0.717) is 17.2 Å². The van der Waals surface area contributed by atoms with Crippen LogP contribution in [0.2, 0.25) is 0 Å². The topological polar surface area (TPSA) is 143 Å². The lowest BCUT2D eigenvalue weighted by atomic mass is 10.2. The fourth-order valence-electron chi connectivity index (χ4n) is 2.33. The summed E-state index contributed by atoms with van der Waals surface area (Å²) in [5, 5.41) is 13.5. The Bertz CT molecular complexity index is 929. The molecule has 27 heavy (non-hydrogen) atoms. The van der Waals surface area contributed by atoms with Crippen molar-refractivity contribution in [1.29, 1.82) is 0 Å². The monoisotopic (exact) mass is 373 g/mol. The Hall–Kier alpha value is -3.82. The predicted molar refractivity (Wildman–Crippen MR) is 93.6 cm³/mol. The van der Waals surface area contributed by atoms with Gasteiger partial charge in [-0.15, -0.1) is 0 Å². The Morgan fingerprint density at radius 1 is 1.22 bits per heavy atom. The van der Waals surface area contributed by atoms with E-state index < -0.39 is 28.6 Å². The van der Waals surface area contributed by atoms with E-state index in [-0.39, 0.29) is 18.0 Å². The molecule has 1 aliphatic rings. The maximum absolute atomic E-state index is 12.2. The van der Waals surface area contributed by atoms with Crippen molar-refractivity contribution in [2.75, 3.05) is 17.8 Å². The number of amides is 1. The third-order valence-corrected chi connectivity index (χ3v) is 3.76. The van der Waals surface area contributed by atoms with Gasteiger partial charge in [0.1, 0.15) is 5.69 Å². The molecule has 10 nitrogen and oxygen atoms in total. The summed E-state index contributed by atoms with van der Waals surface area (Å²) in [6.45, 7) is 1.49. The molecular weight excluding hydrogens is 358 g/mol. The number of esters is 1. The number of carbonyl (C=O) groups is 2. The van der Waals surface area contributed by atoms with Gasteiger partial charge in [0, 0.05) is 17.8 Å². The van der Waals surface area contributed by atoms with E-state index in [0.717, 1.165) is 6.07 Å². The number of nitrogens with two attached hydrogens (primary N) is 1. The van der Waals surface area contributed by atoms with Crippen LogP contribution in [0, 0.1) is 10.1 Å². The molecule has 3 rings (SSSR count). The maximum atomic E-state index is 12.2. The second-order valence-corrected chi connectivity index (χ2v) is 5.64. The first kappa shape index (κ1) is 18.0. The summed E-state index contributed by atoms with van der Waals surface area (Å²) >= 11 is 0. The highest BCUT2D eigenvalue weighted by Crippen LogP contribution is 2.34. The molecule has 0 spiro atoms. The number of nitrogens with zero attached hydrogens (tertiary/aromatic N) is 1. The first-order valence-electron chi connectivity index (χ1n) is 7.80. The standard InChI is InChI=1S/C17H15N3O7/c1-9(16(21)19-11-3-5-14-15(7-11)26-8-25-14)27-17(22)10-2-4-12(18)13(6-10)20(23)24/h2-7,9H,8,18H2,1H3,(H,19,21)/t9-/m1/s1. The second kappa shape index (κ2) is 7.20. The predicted octanol–water partition coefficient (Wildman–Crippen LogP) is 2.09. The number of hydrogen-bond donors (Lipinski definition) is 2. The van der Waals surface area contributed by atoms with Crippen molar-refractivity contribution < 1.29 is 28.7 Å². The van der Waals surface area contributed by atoms with Gasteiger partial charge in [0.2, 0.25) is 6.79 Å². The fraction of sp³-hybridized carbons (Fsp3) is 0.176. The number of anilines is 2. The van der Waals surface area contributed by atoms with Gasteiger partial charge in [-0.25, -0.2) is 4.79 Å². The van der Waals surface area contributed by atoms with Crippen LogP contribution in [0.25, 0.3) is 0 Å². The van der Waals surface area contributed by atoms with E-state index >= 15 is 0 Å². The molecule has 0 saturated carbocycles. The van der Waals surface area contributed by atoms with Crippen molar-refractivity contribution in [3.8, 4) is 11.5 Å². The minimum atomic E-state index is -1.14. The highest BCUT2D eigenvalue weighted by Gasteiger charge is 2.22. The smallest absolute Gasteiger partial charge is 0.339 e. The Labute approximate surface area is 153 Å². The van der Waals surface area contributed by atoms with E-state index in [1.165, 1.54) is 19.1 Å². The van der Waals surface area contributed by atoms with E-state index in [1.807, 2.05) is 0 Å². The van der Waals surface area contributed by atoms with Gasteiger partial charge < -0.3 is 25.3 Å². The van der Waals surface area contributed by atoms with Crippen LogP contribution >= 0.6 is 0 Å². The quantitative estimate of drug-likeness (QED) is 0.351. The molecule has 1 aliphatic heterocycles. The van der Waals surface area contributed by atoms with Crippen molar-refractivity contribution in [2.45, 2.75) is 13.0 Å². The Kier molecular flexibility index (Phi) is 4.79. The van der Waals surface area contributed by atoms with Crippen molar-refractivity contribution in [1.82, 2.24) is 0 Å². The summed E-state index contributed by atoms with van der Waals surface area (Å²) < 4.78 is 15.5. The van der Waals surface area contributed by atoms with Gasteiger partial charge in [0.25, 0.3) is 11.6 Å². The number of hydrogen-bond acceptors (Lipinski definition) is 8. The van der Waals surface area contributed by atoms with Crippen LogP contribution in [-0.2, 0) is 9.53 Å². The largest absolute Gasteiger partial charge is 0.454 e. The highest BCUT2D eigenvalue weighted by atomic mass is 16.7. The number of carbonyl (C=O) groups excluding carboxylic acids is 2. The van der Waals surface area contributed by atoms with E-state index in [1.54, 1.807) is 18.2 Å². The summed E-state index contributed by atoms with van der Waals surface area (Å²) in [5.74, 6) is -0.400. The van der Waals surface area contributed by atoms with Gasteiger partial charge in [-0.1, -0.05) is 0 Å². The molecule has 0 fully saturated rings. The first-order chi connectivity index (χ1) is 12.8. The number of nitro groups is 1. The third-order valence-electron chi connectivity index (χ3n) is 3.76. The molecule has 2 aromatic carbocycles. The molecule has 0 saturated heterocycles. The van der Waals surface area contributed by atoms with E-state index in [4.69, 9.17) is 19.9 Å². The van der Waals surface area contributed by atoms with Gasteiger partial charge in [-0.2, -0.15) is 0 Å². The molecule has 140 valence electrons. The number of ether oxygens (including phenoxy) is 3. The summed E-state index contributed by atoms with van der Waals surface area (Å²) in [6.07, 6.45) is -1.14. The SMILES string of the molecule is C[C@@H](OC(=O)c1ccc(N)c([N+](=O)[O-])c1)C(=O)Nc1ccc2c(c1)OCO2. The van der Waals surface area contributed by atoms with Crippen molar-refractivity contribution >= 4 is 28.9 Å². The molecule has 3 N–H and O–H groups in total. The van der Waals surface area contributed by atoms with E-state index in [9.17, 15) is 19.7 Å². The minimum absolute atomic E-state index is 0.0786. The molecule has 0 aromatic heterocycles. The number of fused-ring (bicyclic) bond motifs is 1. The zero-order valence-corrected chi connectivity index (χ0v) is 14.1. The van der Waals surface area contributed by atoms with Crippen LogP contribution in [0.1, 0.15) is 17.3 Å². The van der Waals surface area contributed by atoms with Gasteiger partial charge in [0.05, 0.1) is 10.5 Å². The molecule has 10 heteroatoms. The lowest BCUT2D eigenvalue weighted by molar-refractivity contribution is -0.383. The lowest BCUT2D eigenvalue weighted by Gasteiger charge is -2.14. The van der Waals surface area contributed by atoms with Crippen LogP contribution in [0.15, 0.2) is 36.4 Å². The molecule has 0 radical (unpaired) electrons. The molecular formula is C17H15N3O7. The van der Waals surface area contributed by atoms with Gasteiger partial charge in [0.15, 0.2) is 17.6 Å². The van der Waals surface area contributed by atoms with Crippen LogP contribution in [0.3, 0.4) is 0 Å². The lowest BCUT2D eigenvalue weighted by Crippen LogP contribution is -2.30. The summed E-state index contributed by atoms with van der Waals surface area (Å²) in [7, 11) is 0. The molecule has 1 atom stereocenters. The molecule has 0 unspecified atom stereocenters. The average molecular weight is 373 g/mol. The minimum Gasteiger partial charge on any atom is -0.454 e. The molecule has 0 aliphatic carbocycles. The zero-order valence-electron chi connectivity index (χ0n) is 14.1. The Balaban J connectivity index is 1.65. The van der Waals surface area contributed by atoms with Crippen LogP contribution < -0.4 is 20.5 Å². The summed E-state index contributed by atoms with van der Waals surface area (Å²) in [5.41, 5.74) is 5.35. The average Bonchev–Trinajstić information content (AvgIpc) is 3.09. The van der Waals surface area contributed by atoms with Crippen molar-refractivity contribution in [3.63, 3.8) is 0 Å². The Morgan fingerprint density at radius 3 is 2.70 bits per heavy atom. The fourth-order valence-corrected chi connectivity index (χ4v) is 2.33. The van der Waals surface area contributed by atoms with Crippen molar-refractivity contribution in [2.24, 2.45) is 0 Å².